The van der Waals surface area contributed by atoms with Gasteiger partial charge in [0.05, 0.1) is 17.0 Å². The molecule has 0 aliphatic carbocycles. The van der Waals surface area contributed by atoms with Gasteiger partial charge in [-0.1, -0.05) is 30.3 Å². The third kappa shape index (κ3) is 5.31. The number of carbonyl (C=O) groups is 2. The Morgan fingerprint density at radius 3 is 2.53 bits per heavy atom. The number of carbonyl (C=O) groups excluding carboxylic acids is 1. The van der Waals surface area contributed by atoms with E-state index in [-0.39, 0.29) is 12.3 Å². The molecule has 36 heavy (non-hydrogen) atoms. The predicted molar refractivity (Wildman–Crippen MR) is 139 cm³/mol. The van der Waals surface area contributed by atoms with Gasteiger partial charge in [0.15, 0.2) is 0 Å². The first-order valence-electron chi connectivity index (χ1n) is 12.2. The van der Waals surface area contributed by atoms with Crippen molar-refractivity contribution in [3.8, 4) is 0 Å². The summed E-state index contributed by atoms with van der Waals surface area (Å²) in [6.07, 6.45) is 2.89. The number of rotatable bonds is 8. The Hall–Kier alpha value is -3.97. The Kier molecular flexibility index (Phi) is 6.82. The van der Waals surface area contributed by atoms with E-state index in [4.69, 9.17) is 5.11 Å². The second-order valence-corrected chi connectivity index (χ2v) is 9.29. The molecular formula is C29H28FN3O3. The van der Waals surface area contributed by atoms with Crippen molar-refractivity contribution in [2.45, 2.75) is 32.2 Å². The summed E-state index contributed by atoms with van der Waals surface area (Å²) in [7, 11) is 0. The Balaban J connectivity index is 1.51. The van der Waals surface area contributed by atoms with Crippen LogP contribution in [0.1, 0.15) is 41.5 Å². The molecule has 2 aliphatic heterocycles. The van der Waals surface area contributed by atoms with Gasteiger partial charge in [-0.15, -0.1) is 0 Å². The standard InChI is InChI=1S/C29H28FN3O3/c30-22-9-12-24-25(17-22)32-29(36)27(24)28(21-5-3-4-19(16-21)8-13-26(34)35)31-23-10-6-20(7-11-23)18-33-14-1-2-15-33/h3-7,9-12,16-17,31H,1-2,8,13-15,18H2,(H,32,36)(H,34,35). The van der Waals surface area contributed by atoms with Crippen LogP contribution in [0.2, 0.25) is 0 Å². The third-order valence-corrected chi connectivity index (χ3v) is 6.65. The predicted octanol–water partition coefficient (Wildman–Crippen LogP) is 5.37. The molecule has 0 saturated carbocycles. The van der Waals surface area contributed by atoms with Gasteiger partial charge >= 0.3 is 5.97 Å². The van der Waals surface area contributed by atoms with Crippen LogP contribution in [0.3, 0.4) is 0 Å². The molecule has 5 rings (SSSR count). The summed E-state index contributed by atoms with van der Waals surface area (Å²) in [6, 6.07) is 19.9. The highest BCUT2D eigenvalue weighted by molar-refractivity contribution is 6.37. The summed E-state index contributed by atoms with van der Waals surface area (Å²) < 4.78 is 13.8. The van der Waals surface area contributed by atoms with Crippen LogP contribution >= 0.6 is 0 Å². The molecule has 2 heterocycles. The number of benzene rings is 3. The number of nitrogens with one attached hydrogen (secondary N) is 2. The van der Waals surface area contributed by atoms with Gasteiger partial charge in [-0.25, -0.2) is 4.39 Å². The lowest BCUT2D eigenvalue weighted by Gasteiger charge is -2.17. The number of aliphatic carboxylic acids is 1. The summed E-state index contributed by atoms with van der Waals surface area (Å²) in [5.41, 5.74) is 5.70. The molecule has 0 atom stereocenters. The van der Waals surface area contributed by atoms with Crippen molar-refractivity contribution in [2.75, 3.05) is 23.7 Å². The molecule has 3 N–H and O–H groups in total. The number of anilines is 2. The van der Waals surface area contributed by atoms with Crippen molar-refractivity contribution in [1.29, 1.82) is 0 Å². The van der Waals surface area contributed by atoms with Gasteiger partial charge in [0, 0.05) is 24.2 Å². The van der Waals surface area contributed by atoms with E-state index in [2.05, 4.69) is 27.7 Å². The van der Waals surface area contributed by atoms with Crippen LogP contribution in [0.5, 0.6) is 0 Å². The molecule has 3 aromatic carbocycles. The zero-order chi connectivity index (χ0) is 25.1. The smallest absolute Gasteiger partial charge is 0.303 e. The molecule has 1 fully saturated rings. The van der Waals surface area contributed by atoms with Crippen LogP contribution in [0, 0.1) is 5.82 Å². The van der Waals surface area contributed by atoms with E-state index in [1.165, 1.54) is 30.5 Å². The molecule has 2 aliphatic rings. The number of hydrogen-bond acceptors (Lipinski definition) is 4. The van der Waals surface area contributed by atoms with E-state index in [0.29, 0.717) is 28.9 Å². The molecule has 3 aromatic rings. The lowest BCUT2D eigenvalue weighted by molar-refractivity contribution is -0.137. The van der Waals surface area contributed by atoms with Gasteiger partial charge in [0.2, 0.25) is 0 Å². The first kappa shape index (κ1) is 23.8. The molecule has 1 saturated heterocycles. The lowest BCUT2D eigenvalue weighted by atomic mass is 9.97. The van der Waals surface area contributed by atoms with E-state index < -0.39 is 11.8 Å². The fraction of sp³-hybridized carbons (Fsp3) is 0.241. The summed E-state index contributed by atoms with van der Waals surface area (Å²) in [5.74, 6) is -1.61. The minimum Gasteiger partial charge on any atom is -0.481 e. The quantitative estimate of drug-likeness (QED) is 0.374. The second-order valence-electron chi connectivity index (χ2n) is 9.29. The molecule has 184 valence electrons. The highest BCUT2D eigenvalue weighted by Gasteiger charge is 2.29. The molecule has 1 amide bonds. The maximum absolute atomic E-state index is 13.8. The van der Waals surface area contributed by atoms with Crippen LogP contribution in [0.25, 0.3) is 11.3 Å². The average molecular weight is 486 g/mol. The first-order valence-corrected chi connectivity index (χ1v) is 12.2. The molecule has 0 radical (unpaired) electrons. The van der Waals surface area contributed by atoms with E-state index >= 15 is 0 Å². The number of halogens is 1. The fourth-order valence-corrected chi connectivity index (χ4v) is 4.84. The summed E-state index contributed by atoms with van der Waals surface area (Å²) in [6.45, 7) is 3.17. The first-order chi connectivity index (χ1) is 17.5. The number of hydrogen-bond donors (Lipinski definition) is 3. The number of carboxylic acids is 1. The number of likely N-dealkylation sites (tertiary alicyclic amines) is 1. The maximum atomic E-state index is 13.8. The van der Waals surface area contributed by atoms with E-state index in [1.54, 1.807) is 6.07 Å². The average Bonchev–Trinajstić information content (AvgIpc) is 3.49. The van der Waals surface area contributed by atoms with Crippen LogP contribution < -0.4 is 10.6 Å². The van der Waals surface area contributed by atoms with E-state index in [1.807, 2.05) is 36.4 Å². The SMILES string of the molecule is O=C(O)CCc1cccc(C(Nc2ccc(CN3CCCC3)cc2)=C2C(=O)Nc3cc(F)ccc32)c1. The van der Waals surface area contributed by atoms with Gasteiger partial charge in [0.25, 0.3) is 5.91 Å². The van der Waals surface area contributed by atoms with E-state index in [0.717, 1.165) is 36.4 Å². The highest BCUT2D eigenvalue weighted by atomic mass is 19.1. The van der Waals surface area contributed by atoms with Crippen LogP contribution in [-0.2, 0) is 22.6 Å². The molecular weight excluding hydrogens is 457 g/mol. The highest BCUT2D eigenvalue weighted by Crippen LogP contribution is 2.38. The zero-order valence-corrected chi connectivity index (χ0v) is 19.9. The molecule has 0 aromatic heterocycles. The maximum Gasteiger partial charge on any atom is 0.303 e. The van der Waals surface area contributed by atoms with Crippen molar-refractivity contribution < 1.29 is 19.1 Å². The summed E-state index contributed by atoms with van der Waals surface area (Å²) in [4.78, 5) is 26.6. The minimum absolute atomic E-state index is 0.0177. The molecule has 0 bridgehead atoms. The number of fused-ring (bicyclic) bond motifs is 1. The molecule has 6 nitrogen and oxygen atoms in total. The van der Waals surface area contributed by atoms with Gasteiger partial charge in [-0.05, 0) is 85.4 Å². The second kappa shape index (κ2) is 10.3. The van der Waals surface area contributed by atoms with E-state index in [9.17, 15) is 14.0 Å². The normalized spacial score (nSPS) is 16.5. The lowest BCUT2D eigenvalue weighted by Crippen LogP contribution is -2.18. The monoisotopic (exact) mass is 485 g/mol. The van der Waals surface area contributed by atoms with Gasteiger partial charge in [0.1, 0.15) is 5.82 Å². The number of amides is 1. The molecule has 0 spiro atoms. The Morgan fingerprint density at radius 2 is 1.78 bits per heavy atom. The largest absolute Gasteiger partial charge is 0.481 e. The topological polar surface area (TPSA) is 81.7 Å². The molecule has 0 unspecified atom stereocenters. The van der Waals surface area contributed by atoms with Crippen LogP contribution in [0.4, 0.5) is 15.8 Å². The third-order valence-electron chi connectivity index (χ3n) is 6.65. The number of aryl methyl sites for hydroxylation is 1. The van der Waals surface area contributed by atoms with Crippen molar-refractivity contribution in [3.63, 3.8) is 0 Å². The van der Waals surface area contributed by atoms with Crippen LogP contribution in [0.15, 0.2) is 66.7 Å². The fourth-order valence-electron chi connectivity index (χ4n) is 4.84. The number of carboxylic acid groups (broad SMARTS) is 1. The van der Waals surface area contributed by atoms with Gasteiger partial charge in [-0.3, -0.25) is 14.5 Å². The van der Waals surface area contributed by atoms with Gasteiger partial charge < -0.3 is 15.7 Å². The van der Waals surface area contributed by atoms with Crippen LogP contribution in [-0.4, -0.2) is 35.0 Å². The van der Waals surface area contributed by atoms with Crippen molar-refractivity contribution in [3.05, 3.63) is 94.8 Å². The Bertz CT molecular complexity index is 1330. The van der Waals surface area contributed by atoms with Gasteiger partial charge in [-0.2, -0.15) is 0 Å². The Morgan fingerprint density at radius 1 is 1.00 bits per heavy atom. The Labute approximate surface area is 209 Å². The van der Waals surface area contributed by atoms with Crippen molar-refractivity contribution in [1.82, 2.24) is 4.90 Å². The van der Waals surface area contributed by atoms with Crippen molar-refractivity contribution >= 4 is 34.5 Å². The molecule has 7 heteroatoms. The summed E-state index contributed by atoms with van der Waals surface area (Å²) in [5, 5.41) is 15.3. The number of nitrogens with zero attached hydrogens (tertiary/aromatic N) is 1. The van der Waals surface area contributed by atoms with Crippen molar-refractivity contribution in [2.24, 2.45) is 0 Å². The zero-order valence-electron chi connectivity index (χ0n) is 19.9. The summed E-state index contributed by atoms with van der Waals surface area (Å²) >= 11 is 0. The minimum atomic E-state index is -0.864.